The van der Waals surface area contributed by atoms with Crippen molar-refractivity contribution in [2.24, 2.45) is 10.8 Å². The number of rotatable bonds is 16. The van der Waals surface area contributed by atoms with Gasteiger partial charge in [-0.3, -0.25) is 9.59 Å². The maximum absolute atomic E-state index is 15.2. The minimum Gasteiger partial charge on any atom is -0.493 e. The molecule has 1 amide bonds. The van der Waals surface area contributed by atoms with E-state index in [-0.39, 0.29) is 42.2 Å². The highest BCUT2D eigenvalue weighted by Gasteiger charge is 2.42. The van der Waals surface area contributed by atoms with Gasteiger partial charge in [0, 0.05) is 60.0 Å². The number of carbonyl (C=O) groups excluding carboxylic acids is 1. The molecule has 2 spiro atoms. The largest absolute Gasteiger partial charge is 0.493 e. The van der Waals surface area contributed by atoms with E-state index in [0.717, 1.165) is 87.5 Å². The summed E-state index contributed by atoms with van der Waals surface area (Å²) < 4.78 is 75.1. The summed E-state index contributed by atoms with van der Waals surface area (Å²) in [5.74, 6) is 0.886. The lowest BCUT2D eigenvalue weighted by atomic mass is 9.77. The molecule has 0 unspecified atom stereocenters. The van der Waals surface area contributed by atoms with Crippen LogP contribution in [0.2, 0.25) is 0 Å². The minimum absolute atomic E-state index is 0.0110. The quantitative estimate of drug-likeness (QED) is 0.0868. The number of ether oxygens (including phenoxy) is 8. The summed E-state index contributed by atoms with van der Waals surface area (Å²) in [6.07, 6.45) is 13.9. The molecule has 4 aliphatic heterocycles. The van der Waals surface area contributed by atoms with Crippen molar-refractivity contribution in [3.8, 4) is 46.3 Å². The van der Waals surface area contributed by atoms with Gasteiger partial charge in [-0.1, -0.05) is 35.4 Å². The molecule has 19 heteroatoms. The summed E-state index contributed by atoms with van der Waals surface area (Å²) in [5.41, 5.74) is 7.22. The fourth-order valence-corrected chi connectivity index (χ4v) is 10.7. The smallest absolute Gasteiger partial charge is 0.303 e. The Morgan fingerprint density at radius 3 is 1.53 bits per heavy atom. The minimum atomic E-state index is -0.881. The Balaban J connectivity index is 0.000000156. The van der Waals surface area contributed by atoms with Crippen LogP contribution in [0.3, 0.4) is 0 Å². The first-order chi connectivity index (χ1) is 38.3. The van der Waals surface area contributed by atoms with E-state index in [0.29, 0.717) is 92.6 Å². The molecule has 79 heavy (non-hydrogen) atoms. The van der Waals surface area contributed by atoms with Crippen LogP contribution in [-0.2, 0) is 31.9 Å². The average molecular weight is 1090 g/mol. The number of methoxy groups -OCH3 is 2. The lowest BCUT2D eigenvalue weighted by Gasteiger charge is -2.47. The number of hydrogen-bond donors (Lipinski definition) is 2. The number of hydrogen-bond acceptors (Lipinski definition) is 15. The molecule has 0 radical (unpaired) electrons. The number of carbonyl (C=O) groups is 2. The van der Waals surface area contributed by atoms with Crippen LogP contribution in [0.15, 0.2) is 72.3 Å². The van der Waals surface area contributed by atoms with E-state index < -0.39 is 17.6 Å². The Kier molecular flexibility index (Phi) is 16.8. The van der Waals surface area contributed by atoms with Gasteiger partial charge in [0.25, 0.3) is 0 Å². The predicted molar refractivity (Wildman–Crippen MR) is 291 cm³/mol. The summed E-state index contributed by atoms with van der Waals surface area (Å²) in [7, 11) is 3.04. The molecule has 416 valence electrons. The van der Waals surface area contributed by atoms with E-state index in [1.54, 1.807) is 43.5 Å². The Morgan fingerprint density at radius 2 is 1.10 bits per heavy atom. The first kappa shape index (κ1) is 54.9. The van der Waals surface area contributed by atoms with Crippen molar-refractivity contribution in [3.63, 3.8) is 0 Å². The number of fused-ring (bicyclic) bond motifs is 4. The fourth-order valence-electron chi connectivity index (χ4n) is 10.7. The normalized spacial score (nSPS) is 17.2. The highest BCUT2D eigenvalue weighted by molar-refractivity contribution is 5.88. The van der Waals surface area contributed by atoms with Gasteiger partial charge in [-0.05, 0) is 114 Å². The van der Waals surface area contributed by atoms with Crippen LogP contribution in [0.1, 0.15) is 87.5 Å². The van der Waals surface area contributed by atoms with E-state index >= 15 is 4.39 Å². The molecular formula is C60H66F2N6O11. The third kappa shape index (κ3) is 12.5. The van der Waals surface area contributed by atoms with Crippen molar-refractivity contribution < 1.29 is 61.4 Å². The summed E-state index contributed by atoms with van der Waals surface area (Å²) in [5, 5.41) is 13.2. The zero-order valence-electron chi connectivity index (χ0n) is 45.1. The second-order valence-corrected chi connectivity index (χ2v) is 21.3. The monoisotopic (exact) mass is 1080 g/mol. The topological polar surface area (TPSA) is 195 Å². The third-order valence-corrected chi connectivity index (χ3v) is 15.4. The molecule has 6 aliphatic rings. The maximum Gasteiger partial charge on any atom is 0.303 e. The van der Waals surface area contributed by atoms with E-state index in [4.69, 9.17) is 43.0 Å². The van der Waals surface area contributed by atoms with Crippen LogP contribution in [0.5, 0.6) is 46.3 Å². The summed E-state index contributed by atoms with van der Waals surface area (Å²) in [4.78, 5) is 42.3. The number of nitrogens with zero attached hydrogens (tertiary/aromatic N) is 5. The molecule has 2 N–H and O–H groups in total. The molecular weight excluding hydrogens is 1020 g/mol. The van der Waals surface area contributed by atoms with E-state index in [9.17, 15) is 14.0 Å². The number of carboxylic acid groups (broad SMARTS) is 1. The Labute approximate surface area is 457 Å². The Morgan fingerprint density at radius 1 is 0.633 bits per heavy atom. The number of amides is 1. The van der Waals surface area contributed by atoms with Crippen molar-refractivity contribution in [2.45, 2.75) is 78.1 Å². The number of halogens is 2. The summed E-state index contributed by atoms with van der Waals surface area (Å²) in [6, 6.07) is 13.8. The standard InChI is InChI=1S/C30H32FN3O5.C23H21FN2O5.C7H13NO/c1-19-12-20-5-6-24(28(31)21(20)13-19)39-29-22-14-25(36-2)26(15-23(22)32-18-33-29)38-11-3-4-27(35)34-9-7-30(8-10-34)16-37-17-30;1-13-8-14-5-6-18(22(24)15(14)9-13)31-23-16-10-19(29-2)20(11-17(16)25-12-26-23)30-7-3-4-21(27)28;1-3-8-4-2-7(1)5-9-6-7/h5-6,13-15,18H,3-4,7-12,16-17H2,1-2H3;5-6,9-12H,3-4,7-8H2,1-2H3,(H,27,28);8H,1-6H2. The summed E-state index contributed by atoms with van der Waals surface area (Å²) in [6.45, 7) is 12.2. The molecule has 17 nitrogen and oxygen atoms in total. The second-order valence-electron chi connectivity index (χ2n) is 21.3. The molecule has 2 aliphatic carbocycles. The van der Waals surface area contributed by atoms with E-state index in [2.05, 4.69) is 25.3 Å². The number of piperidine rings is 2. The van der Waals surface area contributed by atoms with Gasteiger partial charge in [0.15, 0.2) is 46.1 Å². The first-order valence-corrected chi connectivity index (χ1v) is 26.9. The lowest BCUT2D eigenvalue weighted by Crippen LogP contribution is -2.52. The van der Waals surface area contributed by atoms with Gasteiger partial charge < -0.3 is 53.2 Å². The molecule has 12 rings (SSSR count). The van der Waals surface area contributed by atoms with Crippen LogP contribution in [0.25, 0.3) is 34.0 Å². The van der Waals surface area contributed by atoms with E-state index in [1.165, 1.54) is 45.7 Å². The predicted octanol–water partition coefficient (Wildman–Crippen LogP) is 10.5. The van der Waals surface area contributed by atoms with Crippen molar-refractivity contribution in [1.82, 2.24) is 30.2 Å². The zero-order chi connectivity index (χ0) is 55.1. The highest BCUT2D eigenvalue weighted by atomic mass is 19.1. The molecule has 0 bridgehead atoms. The van der Waals surface area contributed by atoms with Gasteiger partial charge in [0.2, 0.25) is 17.7 Å². The molecule has 0 saturated carbocycles. The molecule has 4 aromatic carbocycles. The number of allylic oxidation sites excluding steroid dienone is 2. The zero-order valence-corrected chi connectivity index (χ0v) is 45.1. The molecule has 6 aromatic rings. The van der Waals surface area contributed by atoms with Crippen LogP contribution < -0.4 is 33.7 Å². The van der Waals surface area contributed by atoms with Crippen LogP contribution in [-0.4, -0.2) is 122 Å². The van der Waals surface area contributed by atoms with Gasteiger partial charge in [-0.2, -0.15) is 0 Å². The number of likely N-dealkylation sites (tertiary alicyclic amines) is 1. The molecule has 4 fully saturated rings. The molecule has 6 heterocycles. The first-order valence-electron chi connectivity index (χ1n) is 26.9. The third-order valence-electron chi connectivity index (χ3n) is 15.4. The average Bonchev–Trinajstić information content (AvgIpc) is 4.07. The van der Waals surface area contributed by atoms with Gasteiger partial charge >= 0.3 is 5.97 Å². The Bertz CT molecular complexity index is 3290. The summed E-state index contributed by atoms with van der Waals surface area (Å²) >= 11 is 0. The SMILES string of the molecule is C1CC2(CCN1)COC2.COc1cc2c(Oc3ccc4c(c3F)C=C(C)C4)ncnc2cc1OCCCC(=O)N1CCC2(CC1)COC2.COc1cc2c(Oc3ccc4c(c3F)C=C(C)C4)ncnc2cc1OCCCC(=O)O. The van der Waals surface area contributed by atoms with Gasteiger partial charge in [-0.15, -0.1) is 0 Å². The number of aromatic nitrogens is 4. The van der Waals surface area contributed by atoms with Crippen LogP contribution in [0.4, 0.5) is 8.78 Å². The molecule has 2 aromatic heterocycles. The van der Waals surface area contributed by atoms with E-state index in [1.807, 2.05) is 43.0 Å². The van der Waals surface area contributed by atoms with Gasteiger partial charge in [0.05, 0.1) is 75.7 Å². The van der Waals surface area contributed by atoms with Crippen molar-refractivity contribution in [3.05, 3.63) is 106 Å². The lowest BCUT2D eigenvalue weighted by molar-refractivity contribution is -0.153. The Hall–Kier alpha value is -7.48. The number of carboxylic acids is 1. The number of aliphatic carboxylic acids is 1. The highest BCUT2D eigenvalue weighted by Crippen LogP contribution is 2.42. The maximum atomic E-state index is 15.2. The van der Waals surface area contributed by atoms with Crippen molar-refractivity contribution in [1.29, 1.82) is 0 Å². The fraction of sp³-hybridized carbons (Fsp3) is 0.433. The van der Waals surface area contributed by atoms with Crippen molar-refractivity contribution in [2.75, 3.05) is 80.0 Å². The molecule has 4 saturated heterocycles. The van der Waals surface area contributed by atoms with Crippen LogP contribution >= 0.6 is 0 Å². The van der Waals surface area contributed by atoms with Gasteiger partial charge in [0.1, 0.15) is 12.7 Å². The molecule has 0 atom stereocenters. The van der Waals surface area contributed by atoms with Gasteiger partial charge in [-0.25, -0.2) is 28.7 Å². The number of benzene rings is 4. The second kappa shape index (κ2) is 24.3. The van der Waals surface area contributed by atoms with Crippen LogP contribution in [0, 0.1) is 22.5 Å². The number of nitrogens with one attached hydrogen (secondary N) is 1. The van der Waals surface area contributed by atoms with Crippen molar-refractivity contribution >= 4 is 45.8 Å².